The van der Waals surface area contributed by atoms with Gasteiger partial charge in [-0.1, -0.05) is 29.8 Å². The maximum Gasteiger partial charge on any atom is 0.242 e. The molecule has 0 aliphatic rings. The summed E-state index contributed by atoms with van der Waals surface area (Å²) >= 11 is 6.12. The van der Waals surface area contributed by atoms with Crippen LogP contribution in [0.5, 0.6) is 5.75 Å². The molecule has 3 aromatic rings. The number of methoxy groups -OCH3 is 1. The third-order valence-electron chi connectivity index (χ3n) is 4.28. The average Bonchev–Trinajstić information content (AvgIpc) is 3.06. The van der Waals surface area contributed by atoms with E-state index in [4.69, 9.17) is 16.3 Å². The number of hydrogen-bond acceptors (Lipinski definition) is 4. The summed E-state index contributed by atoms with van der Waals surface area (Å²) in [5.74, 6) is 1.08. The number of amides is 1. The Balaban J connectivity index is 1.68. The zero-order valence-corrected chi connectivity index (χ0v) is 15.6. The van der Waals surface area contributed by atoms with Gasteiger partial charge in [0.1, 0.15) is 5.75 Å². The van der Waals surface area contributed by atoms with Crippen LogP contribution in [0.4, 0.5) is 5.82 Å². The van der Waals surface area contributed by atoms with Gasteiger partial charge in [-0.05, 0) is 43.7 Å². The van der Waals surface area contributed by atoms with Crippen LogP contribution < -0.4 is 15.4 Å². The van der Waals surface area contributed by atoms with E-state index in [0.29, 0.717) is 16.4 Å². The Labute approximate surface area is 156 Å². The predicted molar refractivity (Wildman–Crippen MR) is 104 cm³/mol. The molecule has 0 saturated carbocycles. The fourth-order valence-electron chi connectivity index (χ4n) is 2.79. The van der Waals surface area contributed by atoms with Gasteiger partial charge in [0.25, 0.3) is 0 Å². The number of ether oxygens (including phenoxy) is 1. The van der Waals surface area contributed by atoms with Crippen LogP contribution in [-0.2, 0) is 4.79 Å². The minimum absolute atomic E-state index is 0.0174. The van der Waals surface area contributed by atoms with Crippen molar-refractivity contribution in [3.63, 3.8) is 0 Å². The van der Waals surface area contributed by atoms with Gasteiger partial charge in [0.2, 0.25) is 5.91 Å². The predicted octanol–water partition coefficient (Wildman–Crippen LogP) is 3.90. The van der Waals surface area contributed by atoms with Crippen LogP contribution in [0.2, 0.25) is 5.02 Å². The first-order valence-corrected chi connectivity index (χ1v) is 8.71. The maximum atomic E-state index is 12.5. The number of halogens is 1. The van der Waals surface area contributed by atoms with Crippen molar-refractivity contribution >= 4 is 34.2 Å². The van der Waals surface area contributed by atoms with E-state index in [2.05, 4.69) is 20.8 Å². The van der Waals surface area contributed by atoms with E-state index in [0.717, 1.165) is 16.7 Å². The topological polar surface area (TPSA) is 79.0 Å². The number of carbonyl (C=O) groups is 1. The van der Waals surface area contributed by atoms with Crippen LogP contribution in [-0.4, -0.2) is 29.3 Å². The van der Waals surface area contributed by atoms with Gasteiger partial charge in [-0.15, -0.1) is 0 Å². The summed E-state index contributed by atoms with van der Waals surface area (Å²) in [6.07, 6.45) is 0. The van der Waals surface area contributed by atoms with Gasteiger partial charge in [0.15, 0.2) is 5.82 Å². The van der Waals surface area contributed by atoms with E-state index in [9.17, 15) is 4.79 Å². The first kappa shape index (κ1) is 18.2. The summed E-state index contributed by atoms with van der Waals surface area (Å²) in [4.78, 5) is 12.5. The highest BCUT2D eigenvalue weighted by Gasteiger charge is 2.19. The van der Waals surface area contributed by atoms with Gasteiger partial charge >= 0.3 is 0 Å². The van der Waals surface area contributed by atoms with Crippen molar-refractivity contribution in [1.29, 1.82) is 0 Å². The summed E-state index contributed by atoms with van der Waals surface area (Å²) in [7, 11) is 1.63. The minimum atomic E-state index is -0.415. The Kier molecular flexibility index (Phi) is 5.44. The molecule has 0 fully saturated rings. The van der Waals surface area contributed by atoms with Crippen molar-refractivity contribution < 1.29 is 9.53 Å². The molecule has 1 heterocycles. The lowest BCUT2D eigenvalue weighted by Crippen LogP contribution is -2.39. The van der Waals surface area contributed by atoms with Crippen LogP contribution in [0, 0.1) is 0 Å². The second-order valence-electron chi connectivity index (χ2n) is 6.11. The number of fused-ring (bicyclic) bond motifs is 1. The summed E-state index contributed by atoms with van der Waals surface area (Å²) in [6, 6.07) is 12.8. The molecule has 2 unspecified atom stereocenters. The molecule has 6 nitrogen and oxygen atoms in total. The third kappa shape index (κ3) is 3.81. The van der Waals surface area contributed by atoms with E-state index in [1.807, 2.05) is 50.2 Å². The second-order valence-corrected chi connectivity index (χ2v) is 6.52. The zero-order valence-electron chi connectivity index (χ0n) is 14.8. The molecule has 7 heteroatoms. The Morgan fingerprint density at radius 2 is 2.00 bits per heavy atom. The Morgan fingerprint density at radius 1 is 1.23 bits per heavy atom. The number of H-pyrrole nitrogens is 1. The van der Waals surface area contributed by atoms with Crippen LogP contribution in [0.25, 0.3) is 10.9 Å². The lowest BCUT2D eigenvalue weighted by atomic mass is 10.1. The first-order chi connectivity index (χ1) is 12.5. The van der Waals surface area contributed by atoms with E-state index in [1.165, 1.54) is 0 Å². The van der Waals surface area contributed by atoms with Crippen LogP contribution in [0.3, 0.4) is 0 Å². The molecular formula is C19H21ClN4O2. The summed E-state index contributed by atoms with van der Waals surface area (Å²) < 4.78 is 5.25. The number of carbonyl (C=O) groups excluding carboxylic acids is 1. The summed E-state index contributed by atoms with van der Waals surface area (Å²) in [5.41, 5.74) is 1.75. The molecule has 3 rings (SSSR count). The molecule has 1 aromatic heterocycles. The van der Waals surface area contributed by atoms with Gasteiger partial charge in [-0.25, -0.2) is 0 Å². The number of hydrogen-bond donors (Lipinski definition) is 3. The normalized spacial score (nSPS) is 13.4. The second kappa shape index (κ2) is 7.76. The summed E-state index contributed by atoms with van der Waals surface area (Å²) in [6.45, 7) is 3.82. The molecule has 2 aromatic carbocycles. The van der Waals surface area contributed by atoms with Crippen molar-refractivity contribution in [2.45, 2.75) is 25.9 Å². The SMILES string of the molecule is COc1cccc(C(C)NC(C)C(=O)Nc2n[nH]c3c(Cl)cccc23)c1. The molecular weight excluding hydrogens is 352 g/mol. The molecule has 3 N–H and O–H groups in total. The number of aromatic amines is 1. The van der Waals surface area contributed by atoms with E-state index in [1.54, 1.807) is 13.2 Å². The fraction of sp³-hybridized carbons (Fsp3) is 0.263. The first-order valence-electron chi connectivity index (χ1n) is 8.33. The van der Waals surface area contributed by atoms with E-state index in [-0.39, 0.29) is 11.9 Å². The molecule has 1 amide bonds. The number of para-hydroxylation sites is 1. The quantitative estimate of drug-likeness (QED) is 0.613. The Hall–Kier alpha value is -2.57. The molecule has 0 radical (unpaired) electrons. The number of aromatic nitrogens is 2. The standard InChI is InChI=1S/C19H21ClN4O2/c1-11(13-6-4-7-14(10-13)26-3)21-12(2)19(25)22-18-15-8-5-9-16(20)17(15)23-24-18/h4-12,21H,1-3H3,(H2,22,23,24,25). The van der Waals surface area contributed by atoms with Gasteiger partial charge < -0.3 is 10.1 Å². The highest BCUT2D eigenvalue weighted by molar-refractivity contribution is 6.35. The van der Waals surface area contributed by atoms with E-state index < -0.39 is 6.04 Å². The molecule has 0 aliphatic carbocycles. The van der Waals surface area contributed by atoms with Gasteiger partial charge in [-0.2, -0.15) is 5.10 Å². The number of anilines is 1. The maximum absolute atomic E-state index is 12.5. The molecule has 2 atom stereocenters. The Bertz CT molecular complexity index is 925. The molecule has 0 saturated heterocycles. The highest BCUT2D eigenvalue weighted by Crippen LogP contribution is 2.26. The summed E-state index contributed by atoms with van der Waals surface area (Å²) in [5, 5.41) is 14.5. The van der Waals surface area contributed by atoms with Crippen molar-refractivity contribution in [2.75, 3.05) is 12.4 Å². The van der Waals surface area contributed by atoms with Crippen molar-refractivity contribution in [3.8, 4) is 5.75 Å². The molecule has 0 spiro atoms. The Morgan fingerprint density at radius 3 is 2.77 bits per heavy atom. The van der Waals surface area contributed by atoms with Crippen molar-refractivity contribution in [3.05, 3.63) is 53.1 Å². The minimum Gasteiger partial charge on any atom is -0.497 e. The number of rotatable bonds is 6. The number of benzene rings is 2. The molecule has 0 aliphatic heterocycles. The van der Waals surface area contributed by atoms with Gasteiger partial charge in [0.05, 0.1) is 23.7 Å². The van der Waals surface area contributed by atoms with Crippen molar-refractivity contribution in [1.82, 2.24) is 15.5 Å². The third-order valence-corrected chi connectivity index (χ3v) is 4.59. The average molecular weight is 373 g/mol. The lowest BCUT2D eigenvalue weighted by Gasteiger charge is -2.20. The molecule has 136 valence electrons. The fourth-order valence-corrected chi connectivity index (χ4v) is 3.00. The van der Waals surface area contributed by atoms with E-state index >= 15 is 0 Å². The molecule has 26 heavy (non-hydrogen) atoms. The van der Waals surface area contributed by atoms with Gasteiger partial charge in [0, 0.05) is 11.4 Å². The highest BCUT2D eigenvalue weighted by atomic mass is 35.5. The molecule has 0 bridgehead atoms. The van der Waals surface area contributed by atoms with Crippen LogP contribution >= 0.6 is 11.6 Å². The zero-order chi connectivity index (χ0) is 18.7. The van der Waals surface area contributed by atoms with Crippen LogP contribution in [0.15, 0.2) is 42.5 Å². The smallest absolute Gasteiger partial charge is 0.242 e. The van der Waals surface area contributed by atoms with Crippen LogP contribution in [0.1, 0.15) is 25.5 Å². The number of nitrogens with one attached hydrogen (secondary N) is 3. The van der Waals surface area contributed by atoms with Gasteiger partial charge in [-0.3, -0.25) is 15.2 Å². The van der Waals surface area contributed by atoms with Crippen molar-refractivity contribution in [2.24, 2.45) is 0 Å². The monoisotopic (exact) mass is 372 g/mol. The largest absolute Gasteiger partial charge is 0.497 e. The lowest BCUT2D eigenvalue weighted by molar-refractivity contribution is -0.118. The number of nitrogens with zero attached hydrogens (tertiary/aromatic N) is 1.